The highest BCUT2D eigenvalue weighted by Crippen LogP contribution is 2.55. The Morgan fingerprint density at radius 1 is 1.16 bits per heavy atom. The van der Waals surface area contributed by atoms with Gasteiger partial charge >= 0.3 is 0 Å². The molecule has 1 amide bonds. The van der Waals surface area contributed by atoms with E-state index in [0.29, 0.717) is 30.8 Å². The maximum Gasteiger partial charge on any atom is 0.223 e. The molecule has 4 saturated carbocycles. The zero-order valence-corrected chi connectivity index (χ0v) is 11.8. The summed E-state index contributed by atoms with van der Waals surface area (Å²) in [6.07, 6.45) is 8.13. The first-order valence-corrected chi connectivity index (χ1v) is 7.89. The molecule has 19 heavy (non-hydrogen) atoms. The van der Waals surface area contributed by atoms with Crippen LogP contribution >= 0.6 is 0 Å². The largest absolute Gasteiger partial charge is 0.326 e. The molecule has 104 valence electrons. The van der Waals surface area contributed by atoms with Crippen molar-refractivity contribution in [1.82, 2.24) is 4.90 Å². The van der Waals surface area contributed by atoms with Crippen LogP contribution in [0.3, 0.4) is 0 Å². The van der Waals surface area contributed by atoms with Gasteiger partial charge in [-0.05, 0) is 62.2 Å². The monoisotopic (exact) mass is 260 g/mol. The minimum absolute atomic E-state index is 0.210. The molecule has 0 aromatic rings. The molecule has 4 aliphatic carbocycles. The fraction of sp³-hybridized carbons (Fsp3) is 0.875. The Labute approximate surface area is 116 Å². The van der Waals surface area contributed by atoms with Gasteiger partial charge in [0.15, 0.2) is 0 Å². The Morgan fingerprint density at radius 2 is 1.74 bits per heavy atom. The van der Waals surface area contributed by atoms with Crippen LogP contribution in [0.4, 0.5) is 0 Å². The summed E-state index contributed by atoms with van der Waals surface area (Å²) in [5.41, 5.74) is 0. The van der Waals surface area contributed by atoms with Crippen LogP contribution in [0.2, 0.25) is 0 Å². The van der Waals surface area contributed by atoms with Crippen molar-refractivity contribution in [1.29, 1.82) is 5.26 Å². The number of rotatable bonds is 4. The van der Waals surface area contributed by atoms with Crippen molar-refractivity contribution in [2.75, 3.05) is 6.54 Å². The molecule has 0 spiro atoms. The van der Waals surface area contributed by atoms with Gasteiger partial charge in [0.25, 0.3) is 0 Å². The molecule has 0 aromatic carbocycles. The molecule has 0 heterocycles. The Morgan fingerprint density at radius 3 is 2.21 bits per heavy atom. The molecule has 0 saturated heterocycles. The zero-order valence-electron chi connectivity index (χ0n) is 11.8. The third-order valence-electron chi connectivity index (χ3n) is 5.56. The predicted octanol–water partition coefficient (Wildman–Crippen LogP) is 2.96. The number of carbonyl (C=O) groups is 1. The number of carbonyl (C=O) groups excluding carboxylic acids is 1. The smallest absolute Gasteiger partial charge is 0.223 e. The van der Waals surface area contributed by atoms with E-state index in [2.05, 4.69) is 6.07 Å². The molecular weight excluding hydrogens is 236 g/mol. The standard InChI is InChI=1S/C16H24N2O/c1-2-3-15(19)18(5-4-17)16-13-7-11-6-12(9-13)10-14(16)8-11/h11-14,16H,2-3,5-10H2,1H3. The molecule has 0 radical (unpaired) electrons. The van der Waals surface area contributed by atoms with Gasteiger partial charge in [-0.2, -0.15) is 5.26 Å². The van der Waals surface area contributed by atoms with E-state index in [4.69, 9.17) is 5.26 Å². The van der Waals surface area contributed by atoms with E-state index >= 15 is 0 Å². The summed E-state index contributed by atoms with van der Waals surface area (Å²) in [5.74, 6) is 3.42. The van der Waals surface area contributed by atoms with E-state index in [1.807, 2.05) is 11.8 Å². The first-order valence-electron chi connectivity index (χ1n) is 7.89. The van der Waals surface area contributed by atoms with Crippen LogP contribution in [-0.4, -0.2) is 23.4 Å². The van der Waals surface area contributed by atoms with Crippen molar-refractivity contribution < 1.29 is 4.79 Å². The fourth-order valence-electron chi connectivity index (χ4n) is 5.20. The number of hydrogen-bond donors (Lipinski definition) is 0. The molecule has 0 atom stereocenters. The van der Waals surface area contributed by atoms with Crippen molar-refractivity contribution in [3.63, 3.8) is 0 Å². The summed E-state index contributed by atoms with van der Waals surface area (Å²) >= 11 is 0. The molecule has 0 aromatic heterocycles. The average Bonchev–Trinajstić information content (AvgIpc) is 2.36. The second-order valence-electron chi connectivity index (χ2n) is 6.85. The highest BCUT2D eigenvalue weighted by molar-refractivity contribution is 5.76. The second-order valence-corrected chi connectivity index (χ2v) is 6.85. The van der Waals surface area contributed by atoms with Crippen LogP contribution < -0.4 is 0 Å². The Kier molecular flexibility index (Phi) is 3.52. The number of hydrogen-bond acceptors (Lipinski definition) is 2. The van der Waals surface area contributed by atoms with Gasteiger partial charge < -0.3 is 4.90 Å². The first-order chi connectivity index (χ1) is 9.22. The molecule has 4 aliphatic rings. The van der Waals surface area contributed by atoms with Crippen LogP contribution in [0.25, 0.3) is 0 Å². The van der Waals surface area contributed by atoms with Crippen LogP contribution in [0.5, 0.6) is 0 Å². The van der Waals surface area contributed by atoms with Crippen molar-refractivity contribution in [3.05, 3.63) is 0 Å². The molecular formula is C16H24N2O. The maximum atomic E-state index is 12.3. The Hall–Kier alpha value is -1.04. The normalized spacial score (nSPS) is 39.1. The quantitative estimate of drug-likeness (QED) is 0.729. The molecule has 3 nitrogen and oxygen atoms in total. The lowest BCUT2D eigenvalue weighted by molar-refractivity contribution is -0.142. The van der Waals surface area contributed by atoms with Crippen molar-refractivity contribution >= 4 is 5.91 Å². The summed E-state index contributed by atoms with van der Waals surface area (Å²) in [6, 6.07) is 2.60. The summed E-state index contributed by atoms with van der Waals surface area (Å²) < 4.78 is 0. The highest BCUT2D eigenvalue weighted by atomic mass is 16.2. The first kappa shape index (κ1) is 13.0. The minimum Gasteiger partial charge on any atom is -0.326 e. The fourth-order valence-corrected chi connectivity index (χ4v) is 5.20. The highest BCUT2D eigenvalue weighted by Gasteiger charge is 2.50. The molecule has 0 unspecified atom stereocenters. The van der Waals surface area contributed by atoms with Gasteiger partial charge in [0.2, 0.25) is 5.91 Å². The van der Waals surface area contributed by atoms with Crippen molar-refractivity contribution in [2.24, 2.45) is 23.7 Å². The van der Waals surface area contributed by atoms with E-state index < -0.39 is 0 Å². The summed E-state index contributed by atoms with van der Waals surface area (Å²) in [5, 5.41) is 9.06. The molecule has 4 rings (SSSR count). The molecule has 0 N–H and O–H groups in total. The SMILES string of the molecule is CCCC(=O)N(CC#N)C1C2CC3CC(C2)CC1C3. The van der Waals surface area contributed by atoms with E-state index in [1.54, 1.807) is 0 Å². The predicted molar refractivity (Wildman–Crippen MR) is 73.1 cm³/mol. The lowest BCUT2D eigenvalue weighted by atomic mass is 9.54. The van der Waals surface area contributed by atoms with Gasteiger partial charge in [-0.15, -0.1) is 0 Å². The van der Waals surface area contributed by atoms with Gasteiger partial charge in [-0.25, -0.2) is 0 Å². The number of nitrogens with zero attached hydrogens (tertiary/aromatic N) is 2. The van der Waals surface area contributed by atoms with Gasteiger partial charge in [-0.3, -0.25) is 4.79 Å². The average molecular weight is 260 g/mol. The van der Waals surface area contributed by atoms with Crippen LogP contribution in [0.1, 0.15) is 51.9 Å². The summed E-state index contributed by atoms with van der Waals surface area (Å²) in [7, 11) is 0. The lowest BCUT2D eigenvalue weighted by Gasteiger charge is -2.56. The molecule has 4 bridgehead atoms. The van der Waals surface area contributed by atoms with Crippen LogP contribution in [0, 0.1) is 35.0 Å². The van der Waals surface area contributed by atoms with E-state index in [1.165, 1.54) is 32.1 Å². The summed E-state index contributed by atoms with van der Waals surface area (Å²) in [4.78, 5) is 14.3. The maximum absolute atomic E-state index is 12.3. The van der Waals surface area contributed by atoms with Gasteiger partial charge in [0.05, 0.1) is 6.07 Å². The Bertz CT molecular complexity index is 370. The number of nitriles is 1. The molecule has 0 aliphatic heterocycles. The van der Waals surface area contributed by atoms with Crippen molar-refractivity contribution in [2.45, 2.75) is 57.9 Å². The van der Waals surface area contributed by atoms with Gasteiger partial charge in [-0.1, -0.05) is 6.92 Å². The van der Waals surface area contributed by atoms with E-state index in [0.717, 1.165) is 18.3 Å². The van der Waals surface area contributed by atoms with E-state index in [9.17, 15) is 4.79 Å². The third kappa shape index (κ3) is 2.26. The van der Waals surface area contributed by atoms with Crippen LogP contribution in [0.15, 0.2) is 0 Å². The minimum atomic E-state index is 0.210. The Balaban J connectivity index is 1.78. The zero-order chi connectivity index (χ0) is 13.4. The van der Waals surface area contributed by atoms with Crippen molar-refractivity contribution in [3.8, 4) is 6.07 Å². The topological polar surface area (TPSA) is 44.1 Å². The molecule has 3 heteroatoms. The lowest BCUT2D eigenvalue weighted by Crippen LogP contribution is -2.57. The second kappa shape index (κ2) is 5.15. The third-order valence-corrected chi connectivity index (χ3v) is 5.56. The van der Waals surface area contributed by atoms with Crippen LogP contribution in [-0.2, 0) is 4.79 Å². The summed E-state index contributed by atoms with van der Waals surface area (Å²) in [6.45, 7) is 2.34. The van der Waals surface area contributed by atoms with Gasteiger partial charge in [0, 0.05) is 12.5 Å². The van der Waals surface area contributed by atoms with Gasteiger partial charge in [0.1, 0.15) is 6.54 Å². The molecule has 4 fully saturated rings. The number of amides is 1. The van der Waals surface area contributed by atoms with E-state index in [-0.39, 0.29) is 5.91 Å².